The van der Waals surface area contributed by atoms with E-state index < -0.39 is 0 Å². The maximum Gasteiger partial charge on any atom is 0.0989 e. The van der Waals surface area contributed by atoms with Crippen molar-refractivity contribution in [1.29, 1.82) is 0 Å². The maximum atomic E-state index is 4.67. The predicted octanol–water partition coefficient (Wildman–Crippen LogP) is 3.35. The summed E-state index contributed by atoms with van der Waals surface area (Å²) >= 11 is 0. The molecule has 3 rings (SSSR count). The van der Waals surface area contributed by atoms with Crippen LogP contribution in [0.15, 0.2) is 64.7 Å². The zero-order valence-corrected chi connectivity index (χ0v) is 18.2. The molecule has 1 fully saturated rings. The summed E-state index contributed by atoms with van der Waals surface area (Å²) in [5.41, 5.74) is 7.86. The van der Waals surface area contributed by atoms with Gasteiger partial charge in [0, 0.05) is 31.4 Å². The van der Waals surface area contributed by atoms with E-state index in [0.717, 1.165) is 62.8 Å². The van der Waals surface area contributed by atoms with Gasteiger partial charge in [0.1, 0.15) is 0 Å². The number of hydrogen-bond donors (Lipinski definition) is 2. The third-order valence-electron chi connectivity index (χ3n) is 6.13. The van der Waals surface area contributed by atoms with Crippen molar-refractivity contribution < 1.29 is 0 Å². The van der Waals surface area contributed by atoms with Crippen molar-refractivity contribution in [2.45, 2.75) is 38.1 Å². The van der Waals surface area contributed by atoms with Gasteiger partial charge in [-0.2, -0.15) is 0 Å². The predicted molar refractivity (Wildman–Crippen MR) is 127 cm³/mol. The number of rotatable bonds is 10. The number of likely N-dealkylation sites (tertiary alicyclic amines) is 1. The van der Waals surface area contributed by atoms with E-state index in [1.165, 1.54) is 24.0 Å². The standard InChI is InChI=1S/C25H35N5/c1-4-24(29-23-17-21-7-5-6-8-22(21)18-23)25(28-13-12-26-2)11-16-30-14-9-20(10-15-30)19-27-3/h5-8,12-13,20,23,27,29H,1-2,9-11,14-19H2,3H3/b13-12-,28-25+. The lowest BCUT2D eigenvalue weighted by atomic mass is 9.96. The molecule has 1 heterocycles. The van der Waals surface area contributed by atoms with E-state index in [-0.39, 0.29) is 0 Å². The number of fused-ring (bicyclic) bond motifs is 1. The Morgan fingerprint density at radius 3 is 2.50 bits per heavy atom. The first kappa shape index (κ1) is 22.2. The first-order valence-corrected chi connectivity index (χ1v) is 11.0. The molecule has 0 atom stereocenters. The highest BCUT2D eigenvalue weighted by Crippen LogP contribution is 2.23. The van der Waals surface area contributed by atoms with Gasteiger partial charge in [-0.15, -0.1) is 5.73 Å². The second kappa shape index (κ2) is 11.7. The number of benzene rings is 1. The molecule has 0 aromatic heterocycles. The largest absolute Gasteiger partial charge is 0.374 e. The molecule has 2 aliphatic rings. The van der Waals surface area contributed by atoms with Crippen LogP contribution in [-0.2, 0) is 12.8 Å². The van der Waals surface area contributed by atoms with E-state index in [2.05, 4.69) is 68.8 Å². The van der Waals surface area contributed by atoms with Crippen LogP contribution >= 0.6 is 0 Å². The second-order valence-corrected chi connectivity index (χ2v) is 8.22. The highest BCUT2D eigenvalue weighted by Gasteiger charge is 2.23. The normalized spacial score (nSPS) is 18.4. The number of allylic oxidation sites excluding steroid dienone is 1. The van der Waals surface area contributed by atoms with Crippen LogP contribution in [0.4, 0.5) is 0 Å². The van der Waals surface area contributed by atoms with Gasteiger partial charge < -0.3 is 15.5 Å². The van der Waals surface area contributed by atoms with Gasteiger partial charge in [0.2, 0.25) is 0 Å². The second-order valence-electron chi connectivity index (χ2n) is 8.22. The Balaban J connectivity index is 1.60. The topological polar surface area (TPSA) is 52.0 Å². The molecule has 0 spiro atoms. The molecule has 5 heteroatoms. The van der Waals surface area contributed by atoms with Gasteiger partial charge in [-0.3, -0.25) is 9.98 Å². The lowest BCUT2D eigenvalue weighted by molar-refractivity contribution is 0.188. The molecular formula is C25H35N5. The van der Waals surface area contributed by atoms with E-state index in [1.807, 2.05) is 7.05 Å². The van der Waals surface area contributed by atoms with Crippen LogP contribution in [0.3, 0.4) is 0 Å². The molecule has 1 aromatic rings. The number of hydrogen-bond acceptors (Lipinski definition) is 5. The zero-order chi connectivity index (χ0) is 21.2. The van der Waals surface area contributed by atoms with Crippen LogP contribution in [0.25, 0.3) is 0 Å². The summed E-state index contributed by atoms with van der Waals surface area (Å²) in [7, 11) is 2.04. The molecule has 1 aliphatic heterocycles. The molecule has 30 heavy (non-hydrogen) atoms. The molecule has 2 N–H and O–H groups in total. The fourth-order valence-corrected chi connectivity index (χ4v) is 4.49. The van der Waals surface area contributed by atoms with Crippen molar-refractivity contribution in [3.63, 3.8) is 0 Å². The van der Waals surface area contributed by atoms with Crippen LogP contribution in [0.2, 0.25) is 0 Å². The monoisotopic (exact) mass is 405 g/mol. The third kappa shape index (κ3) is 6.27. The Kier molecular flexibility index (Phi) is 8.64. The molecular weight excluding hydrogens is 370 g/mol. The van der Waals surface area contributed by atoms with Crippen LogP contribution < -0.4 is 10.6 Å². The van der Waals surface area contributed by atoms with Gasteiger partial charge in [-0.1, -0.05) is 30.8 Å². The van der Waals surface area contributed by atoms with Crippen LogP contribution in [-0.4, -0.2) is 56.6 Å². The molecule has 0 saturated carbocycles. The van der Waals surface area contributed by atoms with Crippen molar-refractivity contribution >= 4 is 12.4 Å². The van der Waals surface area contributed by atoms with Crippen molar-refractivity contribution in [1.82, 2.24) is 15.5 Å². The Morgan fingerprint density at radius 2 is 1.90 bits per heavy atom. The Labute approximate surface area is 181 Å². The summed E-state index contributed by atoms with van der Waals surface area (Å²) in [6, 6.07) is 9.03. The average Bonchev–Trinajstić information content (AvgIpc) is 3.18. The highest BCUT2D eigenvalue weighted by atomic mass is 15.1. The van der Waals surface area contributed by atoms with Crippen LogP contribution in [0.5, 0.6) is 0 Å². The van der Waals surface area contributed by atoms with Gasteiger partial charge in [0.15, 0.2) is 0 Å². The van der Waals surface area contributed by atoms with E-state index in [9.17, 15) is 0 Å². The van der Waals surface area contributed by atoms with E-state index in [4.69, 9.17) is 0 Å². The highest BCUT2D eigenvalue weighted by molar-refractivity contribution is 6.00. The molecule has 1 saturated heterocycles. The summed E-state index contributed by atoms with van der Waals surface area (Å²) in [5, 5.41) is 6.97. The molecule has 0 amide bonds. The number of aliphatic imine (C=N–C) groups is 2. The van der Waals surface area contributed by atoms with E-state index >= 15 is 0 Å². The maximum absolute atomic E-state index is 4.67. The number of piperidine rings is 1. The van der Waals surface area contributed by atoms with E-state index in [1.54, 1.807) is 12.4 Å². The molecule has 5 nitrogen and oxygen atoms in total. The lowest BCUT2D eigenvalue weighted by Crippen LogP contribution is -2.38. The minimum Gasteiger partial charge on any atom is -0.374 e. The fourth-order valence-electron chi connectivity index (χ4n) is 4.49. The first-order chi connectivity index (χ1) is 14.7. The minimum atomic E-state index is 0.357. The Bertz CT molecular complexity index is 786. The van der Waals surface area contributed by atoms with Crippen molar-refractivity contribution in [3.05, 3.63) is 65.8 Å². The van der Waals surface area contributed by atoms with Gasteiger partial charge in [0.05, 0.1) is 11.4 Å². The average molecular weight is 406 g/mol. The molecule has 0 bridgehead atoms. The Morgan fingerprint density at radius 1 is 1.20 bits per heavy atom. The van der Waals surface area contributed by atoms with Crippen molar-refractivity contribution in [3.8, 4) is 0 Å². The quantitative estimate of drug-likeness (QED) is 0.464. The zero-order valence-electron chi connectivity index (χ0n) is 18.2. The minimum absolute atomic E-state index is 0.357. The number of nitrogens with one attached hydrogen (secondary N) is 2. The van der Waals surface area contributed by atoms with Gasteiger partial charge in [-0.05, 0) is 76.1 Å². The van der Waals surface area contributed by atoms with Crippen molar-refractivity contribution in [2.24, 2.45) is 15.9 Å². The summed E-state index contributed by atoms with van der Waals surface area (Å²) < 4.78 is 0. The third-order valence-corrected chi connectivity index (χ3v) is 6.13. The summed E-state index contributed by atoms with van der Waals surface area (Å²) in [4.78, 5) is 11.0. The van der Waals surface area contributed by atoms with Gasteiger partial charge in [0.25, 0.3) is 0 Å². The molecule has 160 valence electrons. The van der Waals surface area contributed by atoms with Gasteiger partial charge >= 0.3 is 0 Å². The Hall–Kier alpha value is -2.46. The fraction of sp³-hybridized carbons (Fsp3) is 0.480. The summed E-state index contributed by atoms with van der Waals surface area (Å²) in [6.45, 7) is 11.9. The molecule has 1 aromatic carbocycles. The molecule has 0 unspecified atom stereocenters. The van der Waals surface area contributed by atoms with Crippen LogP contribution in [0.1, 0.15) is 30.4 Å². The van der Waals surface area contributed by atoms with Gasteiger partial charge in [-0.25, -0.2) is 0 Å². The number of nitrogens with zero attached hydrogens (tertiary/aromatic N) is 3. The smallest absolute Gasteiger partial charge is 0.0989 e. The van der Waals surface area contributed by atoms with Crippen molar-refractivity contribution in [2.75, 3.05) is 33.2 Å². The SMILES string of the molecule is C=C=C(NC1Cc2ccccc2C1)/C(CCN1CCC(CNC)CC1)=N/C=C\N=C. The van der Waals surface area contributed by atoms with E-state index in [0.29, 0.717) is 6.04 Å². The van der Waals surface area contributed by atoms with Crippen LogP contribution in [0, 0.1) is 5.92 Å². The molecule has 1 aliphatic carbocycles. The molecule has 0 radical (unpaired) electrons. The summed E-state index contributed by atoms with van der Waals surface area (Å²) in [5.74, 6) is 0.801. The first-order valence-electron chi connectivity index (χ1n) is 11.0. The summed E-state index contributed by atoms with van der Waals surface area (Å²) in [6.07, 6.45) is 8.77. The lowest BCUT2D eigenvalue weighted by Gasteiger charge is -2.32.